The molecule has 0 aliphatic rings. The van der Waals surface area contributed by atoms with Gasteiger partial charge in [0, 0.05) is 18.1 Å². The van der Waals surface area contributed by atoms with Crippen LogP contribution < -0.4 is 5.32 Å². The molecule has 0 spiro atoms. The third-order valence-electron chi connectivity index (χ3n) is 5.39. The number of carbonyl (C=O) groups is 3. The first-order valence-corrected chi connectivity index (χ1v) is 10.7. The van der Waals surface area contributed by atoms with Gasteiger partial charge in [-0.3, -0.25) is 19.7 Å². The summed E-state index contributed by atoms with van der Waals surface area (Å²) >= 11 is 0. The number of nitrogens with one attached hydrogen (secondary N) is 1. The number of hydrogen-bond acceptors (Lipinski definition) is 6. The van der Waals surface area contributed by atoms with Gasteiger partial charge < -0.3 is 15.2 Å². The second-order valence-corrected chi connectivity index (χ2v) is 7.71. The van der Waals surface area contributed by atoms with Gasteiger partial charge in [0.05, 0.1) is 24.4 Å². The Morgan fingerprint density at radius 1 is 1.03 bits per heavy atom. The fourth-order valence-corrected chi connectivity index (χ4v) is 3.76. The molecule has 3 aromatic rings. The number of amides is 1. The number of carboxylic acid groups (broad SMARTS) is 1. The third kappa shape index (κ3) is 6.16. The van der Waals surface area contributed by atoms with Gasteiger partial charge in [0.1, 0.15) is 6.04 Å². The minimum atomic E-state index is -1.45. The van der Waals surface area contributed by atoms with Gasteiger partial charge in [-0.1, -0.05) is 54.6 Å². The maximum absolute atomic E-state index is 12.8. The first-order valence-electron chi connectivity index (χ1n) is 10.7. The SMILES string of the molecule is CCOC(=O)C[C@H](c1ccc([N+](=O)[O-])cc1)[C@@H](NC(=O)Cc1ccc2ccccc2c1)C(=O)O. The number of carboxylic acids is 1. The number of aliphatic carboxylic acids is 1. The van der Waals surface area contributed by atoms with Crippen LogP contribution in [0, 0.1) is 10.1 Å². The molecule has 0 unspecified atom stereocenters. The van der Waals surface area contributed by atoms with Crippen molar-refractivity contribution < 1.29 is 29.2 Å². The first-order chi connectivity index (χ1) is 16.3. The first kappa shape index (κ1) is 24.4. The fourth-order valence-electron chi connectivity index (χ4n) is 3.76. The van der Waals surface area contributed by atoms with Gasteiger partial charge in [-0.05, 0) is 28.8 Å². The van der Waals surface area contributed by atoms with Crippen molar-refractivity contribution in [2.45, 2.75) is 31.7 Å². The minimum absolute atomic E-state index is 0.0546. The molecule has 0 saturated heterocycles. The van der Waals surface area contributed by atoms with Crippen molar-refractivity contribution in [1.29, 1.82) is 0 Å². The van der Waals surface area contributed by atoms with E-state index in [0.717, 1.165) is 10.8 Å². The number of benzene rings is 3. The Labute approximate surface area is 195 Å². The monoisotopic (exact) mass is 464 g/mol. The van der Waals surface area contributed by atoms with Crippen molar-refractivity contribution >= 4 is 34.3 Å². The molecule has 2 N–H and O–H groups in total. The molecule has 0 aliphatic heterocycles. The van der Waals surface area contributed by atoms with Gasteiger partial charge in [-0.15, -0.1) is 0 Å². The number of non-ortho nitro benzene ring substituents is 1. The van der Waals surface area contributed by atoms with Gasteiger partial charge in [0.2, 0.25) is 5.91 Å². The molecule has 2 atom stereocenters. The molecule has 3 aromatic carbocycles. The van der Waals surface area contributed by atoms with Gasteiger partial charge in [-0.25, -0.2) is 4.79 Å². The van der Waals surface area contributed by atoms with E-state index in [2.05, 4.69) is 5.32 Å². The predicted octanol–water partition coefficient (Wildman–Crippen LogP) is 3.60. The highest BCUT2D eigenvalue weighted by atomic mass is 16.6. The van der Waals surface area contributed by atoms with E-state index >= 15 is 0 Å². The Balaban J connectivity index is 1.84. The minimum Gasteiger partial charge on any atom is -0.480 e. The number of nitro groups is 1. The standard InChI is InChI=1S/C25H24N2O7/c1-2-34-23(29)15-21(18-9-11-20(12-10-18)27(32)33)24(25(30)31)26-22(28)14-16-7-8-17-5-3-4-6-19(17)13-16/h3-13,21,24H,2,14-15H2,1H3,(H,26,28)(H,30,31)/t21-,24-/m1/s1. The van der Waals surface area contributed by atoms with E-state index in [0.29, 0.717) is 11.1 Å². The van der Waals surface area contributed by atoms with Gasteiger partial charge in [0.25, 0.3) is 5.69 Å². The van der Waals surface area contributed by atoms with Crippen LogP contribution in [0.25, 0.3) is 10.8 Å². The highest BCUT2D eigenvalue weighted by Crippen LogP contribution is 2.27. The second kappa shape index (κ2) is 11.0. The van der Waals surface area contributed by atoms with Crippen LogP contribution in [0.1, 0.15) is 30.4 Å². The molecule has 0 aromatic heterocycles. The van der Waals surface area contributed by atoms with Crippen LogP contribution in [0.4, 0.5) is 5.69 Å². The van der Waals surface area contributed by atoms with Gasteiger partial charge in [0.15, 0.2) is 0 Å². The second-order valence-electron chi connectivity index (χ2n) is 7.71. The predicted molar refractivity (Wildman–Crippen MR) is 124 cm³/mol. The van der Waals surface area contributed by atoms with Gasteiger partial charge >= 0.3 is 11.9 Å². The van der Waals surface area contributed by atoms with Crippen molar-refractivity contribution in [1.82, 2.24) is 5.32 Å². The third-order valence-corrected chi connectivity index (χ3v) is 5.39. The van der Waals surface area contributed by atoms with E-state index in [-0.39, 0.29) is 25.1 Å². The zero-order valence-corrected chi connectivity index (χ0v) is 18.5. The van der Waals surface area contributed by atoms with E-state index in [4.69, 9.17) is 4.74 Å². The molecule has 0 radical (unpaired) electrons. The summed E-state index contributed by atoms with van der Waals surface area (Å²) in [6, 6.07) is 17.0. The largest absolute Gasteiger partial charge is 0.480 e. The highest BCUT2D eigenvalue weighted by Gasteiger charge is 2.33. The Kier molecular flexibility index (Phi) is 7.92. The molecule has 0 heterocycles. The van der Waals surface area contributed by atoms with E-state index in [1.54, 1.807) is 13.0 Å². The molecule has 0 saturated carbocycles. The Morgan fingerprint density at radius 3 is 2.32 bits per heavy atom. The Hall–Kier alpha value is -4.27. The highest BCUT2D eigenvalue weighted by molar-refractivity contribution is 5.88. The van der Waals surface area contributed by atoms with Crippen molar-refractivity contribution in [3.05, 3.63) is 88.0 Å². The number of carbonyl (C=O) groups excluding carboxylic acids is 2. The summed E-state index contributed by atoms with van der Waals surface area (Å²) in [4.78, 5) is 47.5. The Morgan fingerprint density at radius 2 is 1.71 bits per heavy atom. The Bertz CT molecular complexity index is 1210. The number of ether oxygens (including phenoxy) is 1. The van der Waals surface area contributed by atoms with Crippen LogP contribution in [-0.2, 0) is 25.5 Å². The van der Waals surface area contributed by atoms with Gasteiger partial charge in [-0.2, -0.15) is 0 Å². The number of nitrogens with zero attached hydrogens (tertiary/aromatic N) is 1. The van der Waals surface area contributed by atoms with Crippen LogP contribution in [0.3, 0.4) is 0 Å². The van der Waals surface area contributed by atoms with E-state index in [1.807, 2.05) is 36.4 Å². The number of hydrogen-bond donors (Lipinski definition) is 2. The van der Waals surface area contributed by atoms with E-state index in [9.17, 15) is 29.6 Å². The van der Waals surface area contributed by atoms with Crippen LogP contribution >= 0.6 is 0 Å². The summed E-state index contributed by atoms with van der Waals surface area (Å²) in [5.74, 6) is -3.49. The summed E-state index contributed by atoms with van der Waals surface area (Å²) in [6.07, 6.45) is -0.375. The summed E-state index contributed by atoms with van der Waals surface area (Å²) in [6.45, 7) is 1.73. The van der Waals surface area contributed by atoms with Crippen LogP contribution in [0.5, 0.6) is 0 Å². The topological polar surface area (TPSA) is 136 Å². The van der Waals surface area contributed by atoms with E-state index in [1.165, 1.54) is 24.3 Å². The fraction of sp³-hybridized carbons (Fsp3) is 0.240. The van der Waals surface area contributed by atoms with Crippen LogP contribution in [0.15, 0.2) is 66.7 Å². The quantitative estimate of drug-likeness (QED) is 0.266. The van der Waals surface area contributed by atoms with Crippen molar-refractivity contribution in [2.24, 2.45) is 0 Å². The molecule has 0 aliphatic carbocycles. The molecule has 1 amide bonds. The lowest BCUT2D eigenvalue weighted by Crippen LogP contribution is -2.46. The number of fused-ring (bicyclic) bond motifs is 1. The zero-order chi connectivity index (χ0) is 24.7. The lowest BCUT2D eigenvalue weighted by molar-refractivity contribution is -0.384. The number of esters is 1. The normalized spacial score (nSPS) is 12.5. The lowest BCUT2D eigenvalue weighted by Gasteiger charge is -2.25. The average molecular weight is 464 g/mol. The smallest absolute Gasteiger partial charge is 0.326 e. The molecule has 34 heavy (non-hydrogen) atoms. The number of nitro benzene ring substituents is 1. The van der Waals surface area contributed by atoms with Crippen molar-refractivity contribution in [2.75, 3.05) is 6.61 Å². The summed E-state index contributed by atoms with van der Waals surface area (Å²) in [5, 5.41) is 25.3. The maximum Gasteiger partial charge on any atom is 0.326 e. The van der Waals surface area contributed by atoms with Crippen LogP contribution in [-0.4, -0.2) is 40.5 Å². The summed E-state index contributed by atoms with van der Waals surface area (Å²) < 4.78 is 4.97. The summed E-state index contributed by atoms with van der Waals surface area (Å²) in [5.41, 5.74) is 0.889. The molecule has 9 nitrogen and oxygen atoms in total. The van der Waals surface area contributed by atoms with Crippen molar-refractivity contribution in [3.8, 4) is 0 Å². The van der Waals surface area contributed by atoms with Crippen molar-refractivity contribution in [3.63, 3.8) is 0 Å². The van der Waals surface area contributed by atoms with Crippen LogP contribution in [0.2, 0.25) is 0 Å². The molecule has 176 valence electrons. The molecule has 9 heteroatoms. The molecule has 0 bridgehead atoms. The molecule has 3 rings (SSSR count). The zero-order valence-electron chi connectivity index (χ0n) is 18.5. The average Bonchev–Trinajstić information content (AvgIpc) is 2.81. The number of rotatable bonds is 10. The molecular formula is C25H24N2O7. The molecular weight excluding hydrogens is 440 g/mol. The molecule has 0 fully saturated rings. The summed E-state index contributed by atoms with van der Waals surface area (Å²) in [7, 11) is 0. The van der Waals surface area contributed by atoms with E-state index < -0.39 is 34.7 Å². The lowest BCUT2D eigenvalue weighted by atomic mass is 9.88. The maximum atomic E-state index is 12.8.